The van der Waals surface area contributed by atoms with Gasteiger partial charge in [0.25, 0.3) is 0 Å². The van der Waals surface area contributed by atoms with E-state index in [4.69, 9.17) is 25.3 Å². The van der Waals surface area contributed by atoms with E-state index in [2.05, 4.69) is 117 Å². The molecule has 6 aromatic carbocycles. The average molecular weight is 576 g/mol. The fraction of sp³-hybridized carbons (Fsp3) is 0. The lowest BCUT2D eigenvalue weighted by Gasteiger charge is -2.17. The van der Waals surface area contributed by atoms with Crippen LogP contribution in [-0.2, 0) is 0 Å². The zero-order valence-corrected chi connectivity index (χ0v) is 21.7. The van der Waals surface area contributed by atoms with Gasteiger partial charge in [-0.05, 0) is 79.5 Å². The number of hydrogen-bond donors (Lipinski definition) is 2. The molecule has 0 saturated carbocycles. The van der Waals surface area contributed by atoms with Crippen molar-refractivity contribution in [2.45, 2.75) is 9.79 Å². The Morgan fingerprint density at radius 3 is 1.22 bits per heavy atom. The lowest BCUT2D eigenvalue weighted by Crippen LogP contribution is -1.90. The van der Waals surface area contributed by atoms with E-state index in [9.17, 15) is 0 Å². The fourth-order valence-corrected chi connectivity index (χ4v) is 6.11. The van der Waals surface area contributed by atoms with Crippen molar-refractivity contribution < 1.29 is 0 Å². The Balaban J connectivity index is 1.76. The summed E-state index contributed by atoms with van der Waals surface area (Å²) in [5.41, 5.74) is 2.26. The first-order valence-electron chi connectivity index (χ1n) is 10.2. The van der Waals surface area contributed by atoms with Gasteiger partial charge in [-0.1, -0.05) is 80.4 Å². The molecule has 32 heavy (non-hydrogen) atoms. The summed E-state index contributed by atoms with van der Waals surface area (Å²) in [5.74, 6) is 0. The molecule has 0 N–H and O–H groups in total. The zero-order chi connectivity index (χ0) is 22.0. The standard InChI is InChI=1S/C28H16Br2S2/c29-17-3-7-19-15(13-17)1-5-23-21(19)9-11-25(31)27(23)28-24-6-2-16-14-18(30)4-8-20(16)22(24)10-12-26(28)32/h1-14,31-32H. The monoisotopic (exact) mass is 574 g/mol. The molecule has 0 aliphatic carbocycles. The Labute approximate surface area is 213 Å². The number of rotatable bonds is 1. The van der Waals surface area contributed by atoms with Crippen LogP contribution in [0.3, 0.4) is 0 Å². The highest BCUT2D eigenvalue weighted by atomic mass is 79.9. The molecule has 0 heterocycles. The lowest BCUT2D eigenvalue weighted by atomic mass is 9.90. The molecule has 0 amide bonds. The van der Waals surface area contributed by atoms with Crippen LogP contribution < -0.4 is 0 Å². The Morgan fingerprint density at radius 2 is 0.781 bits per heavy atom. The highest BCUT2D eigenvalue weighted by Gasteiger charge is 2.16. The predicted octanol–water partition coefficient (Wildman–Crippen LogP) is 10.1. The SMILES string of the molecule is Sc1ccc2c(ccc3cc(Br)ccc32)c1-c1c(S)ccc2c1ccc1cc(Br)ccc12. The molecule has 0 unspecified atom stereocenters. The molecule has 6 aromatic rings. The molecule has 154 valence electrons. The van der Waals surface area contributed by atoms with E-state index in [1.165, 1.54) is 43.1 Å². The summed E-state index contributed by atoms with van der Waals surface area (Å²) >= 11 is 17.0. The fourth-order valence-electron chi connectivity index (χ4n) is 4.74. The molecular formula is C28H16Br2S2. The van der Waals surface area contributed by atoms with Gasteiger partial charge in [0.2, 0.25) is 0 Å². The van der Waals surface area contributed by atoms with Crippen LogP contribution in [0, 0.1) is 0 Å². The first-order chi connectivity index (χ1) is 15.5. The second-order valence-electron chi connectivity index (χ2n) is 7.97. The van der Waals surface area contributed by atoms with E-state index in [1.54, 1.807) is 0 Å². The van der Waals surface area contributed by atoms with Crippen molar-refractivity contribution >= 4 is 100 Å². The van der Waals surface area contributed by atoms with Crippen LogP contribution in [0.2, 0.25) is 0 Å². The maximum Gasteiger partial charge on any atom is 0.0181 e. The Kier molecular flexibility index (Phi) is 5.03. The van der Waals surface area contributed by atoms with Crippen molar-refractivity contribution in [2.75, 3.05) is 0 Å². The molecule has 0 aromatic heterocycles. The Morgan fingerprint density at radius 1 is 0.406 bits per heavy atom. The van der Waals surface area contributed by atoms with E-state index in [-0.39, 0.29) is 0 Å². The summed E-state index contributed by atoms with van der Waals surface area (Å²) < 4.78 is 2.17. The zero-order valence-electron chi connectivity index (χ0n) is 16.7. The van der Waals surface area contributed by atoms with Crippen LogP contribution in [0.4, 0.5) is 0 Å². The second kappa shape index (κ2) is 7.81. The van der Waals surface area contributed by atoms with Gasteiger partial charge in [0.05, 0.1) is 0 Å². The van der Waals surface area contributed by atoms with Gasteiger partial charge in [0.15, 0.2) is 0 Å². The topological polar surface area (TPSA) is 0 Å². The van der Waals surface area contributed by atoms with Crippen LogP contribution in [0.15, 0.2) is 104 Å². The van der Waals surface area contributed by atoms with Gasteiger partial charge in [-0.15, -0.1) is 25.3 Å². The molecule has 0 spiro atoms. The van der Waals surface area contributed by atoms with Gasteiger partial charge in [0, 0.05) is 29.9 Å². The number of hydrogen-bond acceptors (Lipinski definition) is 2. The second-order valence-corrected chi connectivity index (χ2v) is 10.8. The Bertz CT molecular complexity index is 1590. The van der Waals surface area contributed by atoms with Crippen molar-refractivity contribution in [3.8, 4) is 11.1 Å². The van der Waals surface area contributed by atoms with Gasteiger partial charge < -0.3 is 0 Å². The highest BCUT2D eigenvalue weighted by Crippen LogP contribution is 2.44. The van der Waals surface area contributed by atoms with E-state index in [1.807, 2.05) is 0 Å². The van der Waals surface area contributed by atoms with Gasteiger partial charge in [-0.3, -0.25) is 0 Å². The molecule has 0 fully saturated rings. The maximum absolute atomic E-state index is 4.91. The average Bonchev–Trinajstić information content (AvgIpc) is 2.78. The normalized spacial score (nSPS) is 11.8. The Hall–Kier alpha value is -1.98. The minimum Gasteiger partial charge on any atom is -0.143 e. The molecule has 0 saturated heterocycles. The third-order valence-electron chi connectivity index (χ3n) is 6.16. The molecule has 6 rings (SSSR count). The molecule has 0 aliphatic rings. The summed E-state index contributed by atoms with van der Waals surface area (Å²) in [6.07, 6.45) is 0. The first-order valence-corrected chi connectivity index (χ1v) is 12.7. The molecule has 0 nitrogen and oxygen atoms in total. The molecule has 4 heteroatoms. The summed E-state index contributed by atoms with van der Waals surface area (Å²) in [6, 6.07) is 30.2. The minimum atomic E-state index is 0.952. The van der Waals surface area contributed by atoms with Gasteiger partial charge in [-0.25, -0.2) is 0 Å². The minimum absolute atomic E-state index is 0.952. The smallest absolute Gasteiger partial charge is 0.0181 e. The van der Waals surface area contributed by atoms with E-state index >= 15 is 0 Å². The van der Waals surface area contributed by atoms with Crippen molar-refractivity contribution in [1.82, 2.24) is 0 Å². The molecule has 0 bridgehead atoms. The first kappa shape index (κ1) is 20.6. The van der Waals surface area contributed by atoms with Crippen LogP contribution in [0.5, 0.6) is 0 Å². The number of thiol groups is 2. The molecule has 0 radical (unpaired) electrons. The quantitative estimate of drug-likeness (QED) is 0.141. The van der Waals surface area contributed by atoms with E-state index in [0.717, 1.165) is 29.9 Å². The third kappa shape index (κ3) is 3.19. The van der Waals surface area contributed by atoms with Crippen molar-refractivity contribution in [1.29, 1.82) is 0 Å². The number of fused-ring (bicyclic) bond motifs is 6. The molecule has 0 aliphatic heterocycles. The summed E-state index contributed by atoms with van der Waals surface area (Å²) in [7, 11) is 0. The van der Waals surface area contributed by atoms with Crippen molar-refractivity contribution in [2.24, 2.45) is 0 Å². The lowest BCUT2D eigenvalue weighted by molar-refractivity contribution is 1.44. The molecule has 0 atom stereocenters. The maximum atomic E-state index is 4.91. The van der Waals surface area contributed by atoms with Gasteiger partial charge in [-0.2, -0.15) is 0 Å². The number of benzene rings is 6. The largest absolute Gasteiger partial charge is 0.143 e. The van der Waals surface area contributed by atoms with E-state index < -0.39 is 0 Å². The third-order valence-corrected chi connectivity index (χ3v) is 7.90. The summed E-state index contributed by atoms with van der Waals surface area (Å²) in [4.78, 5) is 1.90. The van der Waals surface area contributed by atoms with Crippen molar-refractivity contribution in [3.05, 3.63) is 93.9 Å². The molecular weight excluding hydrogens is 560 g/mol. The van der Waals surface area contributed by atoms with Crippen LogP contribution in [0.1, 0.15) is 0 Å². The summed E-state index contributed by atoms with van der Waals surface area (Å²) in [6.45, 7) is 0. The number of halogens is 2. The van der Waals surface area contributed by atoms with Crippen LogP contribution in [-0.4, -0.2) is 0 Å². The van der Waals surface area contributed by atoms with Crippen molar-refractivity contribution in [3.63, 3.8) is 0 Å². The van der Waals surface area contributed by atoms with Crippen LogP contribution >= 0.6 is 57.1 Å². The predicted molar refractivity (Wildman–Crippen MR) is 152 cm³/mol. The highest BCUT2D eigenvalue weighted by molar-refractivity contribution is 9.10. The summed E-state index contributed by atoms with van der Waals surface area (Å²) in [5, 5.41) is 9.70. The van der Waals surface area contributed by atoms with Crippen LogP contribution in [0.25, 0.3) is 54.2 Å². The van der Waals surface area contributed by atoms with Gasteiger partial charge in [0.1, 0.15) is 0 Å². The van der Waals surface area contributed by atoms with Gasteiger partial charge >= 0.3 is 0 Å². The van der Waals surface area contributed by atoms with E-state index in [0.29, 0.717) is 0 Å².